The maximum absolute atomic E-state index is 12.2. The van der Waals surface area contributed by atoms with Crippen molar-refractivity contribution in [1.29, 1.82) is 0 Å². The summed E-state index contributed by atoms with van der Waals surface area (Å²) in [6.07, 6.45) is 0. The van der Waals surface area contributed by atoms with Gasteiger partial charge in [0.2, 0.25) is 0 Å². The van der Waals surface area contributed by atoms with E-state index in [-0.39, 0.29) is 5.97 Å². The molecule has 0 radical (unpaired) electrons. The smallest absolute Gasteiger partial charge is 0.340 e. The van der Waals surface area contributed by atoms with Crippen LogP contribution in [0.15, 0.2) is 23.6 Å². The number of hydrogen-bond acceptors (Lipinski definition) is 6. The van der Waals surface area contributed by atoms with E-state index < -0.39 is 0 Å². The number of hydrogen-bond donors (Lipinski definition) is 1. The maximum atomic E-state index is 12.2. The number of thiazole rings is 1. The number of methoxy groups -OCH3 is 1. The minimum absolute atomic E-state index is 0.313. The molecule has 1 N–H and O–H groups in total. The zero-order valence-electron chi connectivity index (χ0n) is 16.7. The molecule has 7 heteroatoms. The van der Waals surface area contributed by atoms with E-state index in [9.17, 15) is 4.79 Å². The predicted octanol–water partition coefficient (Wildman–Crippen LogP) is 5.01. The van der Waals surface area contributed by atoms with Gasteiger partial charge >= 0.3 is 5.97 Å². The second kappa shape index (κ2) is 8.48. The fourth-order valence-corrected chi connectivity index (χ4v) is 3.92. The summed E-state index contributed by atoms with van der Waals surface area (Å²) in [7, 11) is 1.62. The van der Waals surface area contributed by atoms with E-state index in [1.807, 2.05) is 44.4 Å². The molecule has 3 aromatic rings. The first-order valence-electron chi connectivity index (χ1n) is 9.13. The minimum atomic E-state index is -0.313. The van der Waals surface area contributed by atoms with Gasteiger partial charge < -0.3 is 19.2 Å². The molecule has 0 aliphatic heterocycles. The Labute approximate surface area is 168 Å². The van der Waals surface area contributed by atoms with Gasteiger partial charge in [-0.3, -0.25) is 0 Å². The largest absolute Gasteiger partial charge is 0.493 e. The van der Waals surface area contributed by atoms with Crippen LogP contribution in [0, 0.1) is 13.8 Å². The van der Waals surface area contributed by atoms with Crippen LogP contribution in [0.3, 0.4) is 0 Å². The normalized spacial score (nSPS) is 10.8. The molecule has 0 bridgehead atoms. The van der Waals surface area contributed by atoms with Crippen molar-refractivity contribution in [2.75, 3.05) is 20.3 Å². The highest BCUT2D eigenvalue weighted by Gasteiger charge is 2.21. The van der Waals surface area contributed by atoms with Crippen LogP contribution >= 0.6 is 11.3 Å². The molecule has 0 spiro atoms. The van der Waals surface area contributed by atoms with Crippen molar-refractivity contribution in [3.8, 4) is 33.5 Å². The van der Waals surface area contributed by atoms with Gasteiger partial charge in [-0.15, -0.1) is 11.3 Å². The number of rotatable bonds is 7. The van der Waals surface area contributed by atoms with Crippen molar-refractivity contribution in [2.24, 2.45) is 0 Å². The highest BCUT2D eigenvalue weighted by molar-refractivity contribution is 7.13. The molecule has 0 saturated heterocycles. The van der Waals surface area contributed by atoms with Crippen LogP contribution in [-0.2, 0) is 4.74 Å². The number of nitrogens with one attached hydrogen (secondary N) is 1. The Morgan fingerprint density at radius 2 is 1.96 bits per heavy atom. The SMILES string of the molecule is CCOC(=O)c1c(C)[nH]c(-c2csc(-c3ccc(OCC)c(OC)c3)n2)c1C. The van der Waals surface area contributed by atoms with E-state index in [0.717, 1.165) is 33.2 Å². The molecule has 3 rings (SSSR count). The number of H-pyrrole nitrogens is 1. The zero-order chi connectivity index (χ0) is 20.3. The van der Waals surface area contributed by atoms with Crippen LogP contribution in [0.2, 0.25) is 0 Å². The second-order valence-corrected chi connectivity index (χ2v) is 7.04. The molecule has 0 aliphatic carbocycles. The fraction of sp³-hybridized carbons (Fsp3) is 0.333. The lowest BCUT2D eigenvalue weighted by atomic mass is 10.1. The summed E-state index contributed by atoms with van der Waals surface area (Å²) in [6, 6.07) is 5.78. The van der Waals surface area contributed by atoms with E-state index >= 15 is 0 Å². The molecule has 0 unspecified atom stereocenters. The summed E-state index contributed by atoms with van der Waals surface area (Å²) >= 11 is 1.53. The standard InChI is InChI=1S/C21H24N2O4S/c1-6-26-16-9-8-14(10-17(16)25-5)20-23-15(11-28-20)19-12(3)18(13(4)22-19)21(24)27-7-2/h8-11,22H,6-7H2,1-5H3. The highest BCUT2D eigenvalue weighted by atomic mass is 32.1. The van der Waals surface area contributed by atoms with E-state index in [4.69, 9.17) is 19.2 Å². The van der Waals surface area contributed by atoms with Crippen LogP contribution in [0.25, 0.3) is 22.0 Å². The van der Waals surface area contributed by atoms with Crippen LogP contribution in [-0.4, -0.2) is 36.3 Å². The average Bonchev–Trinajstić information content (AvgIpc) is 3.27. The van der Waals surface area contributed by atoms with Crippen molar-refractivity contribution < 1.29 is 19.0 Å². The van der Waals surface area contributed by atoms with Crippen molar-refractivity contribution in [2.45, 2.75) is 27.7 Å². The Morgan fingerprint density at radius 1 is 1.18 bits per heavy atom. The third kappa shape index (κ3) is 3.75. The number of ether oxygens (including phenoxy) is 3. The molecule has 2 aromatic heterocycles. The monoisotopic (exact) mass is 400 g/mol. The van der Waals surface area contributed by atoms with Crippen LogP contribution in [0.4, 0.5) is 0 Å². The molecule has 28 heavy (non-hydrogen) atoms. The first kappa shape index (κ1) is 19.9. The van der Waals surface area contributed by atoms with Gasteiger partial charge in [0.25, 0.3) is 0 Å². The van der Waals surface area contributed by atoms with E-state index in [1.54, 1.807) is 14.0 Å². The number of aromatic nitrogens is 2. The van der Waals surface area contributed by atoms with Gasteiger partial charge in [0.15, 0.2) is 11.5 Å². The van der Waals surface area contributed by atoms with Gasteiger partial charge in [-0.2, -0.15) is 0 Å². The average molecular weight is 401 g/mol. The van der Waals surface area contributed by atoms with Gasteiger partial charge in [0.1, 0.15) is 5.01 Å². The lowest BCUT2D eigenvalue weighted by Gasteiger charge is -2.09. The Morgan fingerprint density at radius 3 is 2.64 bits per heavy atom. The molecule has 0 atom stereocenters. The van der Waals surface area contributed by atoms with Crippen LogP contribution in [0.1, 0.15) is 35.5 Å². The molecule has 0 amide bonds. The minimum Gasteiger partial charge on any atom is -0.493 e. The molecule has 1 aromatic carbocycles. The third-order valence-corrected chi connectivity index (χ3v) is 5.28. The van der Waals surface area contributed by atoms with Crippen LogP contribution < -0.4 is 9.47 Å². The van der Waals surface area contributed by atoms with Gasteiger partial charge in [-0.1, -0.05) is 0 Å². The summed E-state index contributed by atoms with van der Waals surface area (Å²) in [4.78, 5) is 20.3. The summed E-state index contributed by atoms with van der Waals surface area (Å²) < 4.78 is 16.2. The van der Waals surface area contributed by atoms with Crippen molar-refractivity contribution in [1.82, 2.24) is 9.97 Å². The molecule has 2 heterocycles. The highest BCUT2D eigenvalue weighted by Crippen LogP contribution is 2.36. The van der Waals surface area contributed by atoms with E-state index in [0.29, 0.717) is 30.3 Å². The third-order valence-electron chi connectivity index (χ3n) is 4.39. The molecule has 6 nitrogen and oxygen atoms in total. The molecule has 0 aliphatic rings. The van der Waals surface area contributed by atoms with E-state index in [1.165, 1.54) is 11.3 Å². The van der Waals surface area contributed by atoms with Gasteiger partial charge in [0.05, 0.1) is 37.3 Å². The number of carbonyl (C=O) groups excluding carboxylic acids is 1. The lowest BCUT2D eigenvalue weighted by Crippen LogP contribution is -2.06. The van der Waals surface area contributed by atoms with Crippen LogP contribution in [0.5, 0.6) is 11.5 Å². The number of carbonyl (C=O) groups is 1. The number of benzene rings is 1. The lowest BCUT2D eigenvalue weighted by molar-refractivity contribution is 0.0525. The number of aromatic amines is 1. The number of aryl methyl sites for hydroxylation is 1. The first-order valence-corrected chi connectivity index (χ1v) is 10.0. The number of nitrogens with zero attached hydrogens (tertiary/aromatic N) is 1. The molecule has 0 fully saturated rings. The molecular formula is C21H24N2O4S. The molecular weight excluding hydrogens is 376 g/mol. The van der Waals surface area contributed by atoms with Gasteiger partial charge in [0, 0.05) is 16.6 Å². The van der Waals surface area contributed by atoms with Crippen molar-refractivity contribution >= 4 is 17.3 Å². The van der Waals surface area contributed by atoms with Gasteiger partial charge in [-0.05, 0) is 51.5 Å². The maximum Gasteiger partial charge on any atom is 0.340 e. The second-order valence-electron chi connectivity index (χ2n) is 6.18. The Kier molecular flexibility index (Phi) is 6.04. The Balaban J connectivity index is 1.95. The zero-order valence-corrected chi connectivity index (χ0v) is 17.5. The first-order chi connectivity index (χ1) is 13.5. The van der Waals surface area contributed by atoms with Crippen molar-refractivity contribution in [3.63, 3.8) is 0 Å². The predicted molar refractivity (Wildman–Crippen MR) is 110 cm³/mol. The Hall–Kier alpha value is -2.80. The number of esters is 1. The fourth-order valence-electron chi connectivity index (χ4n) is 3.11. The van der Waals surface area contributed by atoms with E-state index in [2.05, 4.69) is 4.98 Å². The molecule has 0 saturated carbocycles. The summed E-state index contributed by atoms with van der Waals surface area (Å²) in [6.45, 7) is 8.43. The Bertz CT molecular complexity index is 990. The molecule has 148 valence electrons. The summed E-state index contributed by atoms with van der Waals surface area (Å²) in [5.74, 6) is 1.07. The van der Waals surface area contributed by atoms with Gasteiger partial charge in [-0.25, -0.2) is 9.78 Å². The topological polar surface area (TPSA) is 73.4 Å². The van der Waals surface area contributed by atoms with Crippen molar-refractivity contribution in [3.05, 3.63) is 40.4 Å². The summed E-state index contributed by atoms with van der Waals surface area (Å²) in [5, 5.41) is 2.84. The quantitative estimate of drug-likeness (QED) is 0.565. The summed E-state index contributed by atoms with van der Waals surface area (Å²) in [5.41, 5.74) is 4.78.